The maximum Gasteiger partial charge on any atom is 0.307 e. The molecule has 0 bridgehead atoms. The highest BCUT2D eigenvalue weighted by Gasteiger charge is 2.60. The summed E-state index contributed by atoms with van der Waals surface area (Å²) in [5.41, 5.74) is 0.469. The van der Waals surface area contributed by atoms with E-state index < -0.39 is 0 Å². The molecule has 0 amide bonds. The molecule has 0 N–H and O–H groups in total. The van der Waals surface area contributed by atoms with E-state index in [4.69, 9.17) is 9.47 Å². The van der Waals surface area contributed by atoms with Gasteiger partial charge < -0.3 is 9.47 Å². The molecular formula is C23H34O4. The lowest BCUT2D eigenvalue weighted by Crippen LogP contribution is -2.53. The van der Waals surface area contributed by atoms with Crippen molar-refractivity contribution >= 4 is 11.9 Å². The Morgan fingerprint density at radius 2 is 1.70 bits per heavy atom. The number of carbonyl (C=O) groups is 2. The van der Waals surface area contributed by atoms with E-state index in [1.165, 1.54) is 39.0 Å². The van der Waals surface area contributed by atoms with E-state index in [1.54, 1.807) is 6.92 Å². The van der Waals surface area contributed by atoms with Gasteiger partial charge in [0.2, 0.25) is 0 Å². The van der Waals surface area contributed by atoms with Gasteiger partial charge in [0.05, 0.1) is 0 Å². The summed E-state index contributed by atoms with van der Waals surface area (Å²) >= 11 is 0. The Morgan fingerprint density at radius 3 is 2.41 bits per heavy atom. The highest BCUT2D eigenvalue weighted by Crippen LogP contribution is 2.66. The van der Waals surface area contributed by atoms with Gasteiger partial charge in [0.25, 0.3) is 0 Å². The first kappa shape index (κ1) is 19.0. The van der Waals surface area contributed by atoms with Crippen LogP contribution < -0.4 is 0 Å². The van der Waals surface area contributed by atoms with Crippen molar-refractivity contribution in [3.8, 4) is 0 Å². The number of hydrogen-bond donors (Lipinski definition) is 0. The molecule has 1 unspecified atom stereocenters. The maximum absolute atomic E-state index is 11.6. The van der Waals surface area contributed by atoms with E-state index >= 15 is 0 Å². The van der Waals surface area contributed by atoms with Gasteiger partial charge >= 0.3 is 11.9 Å². The topological polar surface area (TPSA) is 52.6 Å². The molecule has 150 valence electrons. The highest BCUT2D eigenvalue weighted by atomic mass is 16.5. The first-order valence-corrected chi connectivity index (χ1v) is 10.8. The summed E-state index contributed by atoms with van der Waals surface area (Å²) in [7, 11) is 0. The minimum atomic E-state index is -0.200. The van der Waals surface area contributed by atoms with Gasteiger partial charge in [-0.25, -0.2) is 0 Å². The van der Waals surface area contributed by atoms with Crippen LogP contribution in [0.3, 0.4) is 0 Å². The lowest BCUT2D eigenvalue weighted by molar-refractivity contribution is -0.160. The van der Waals surface area contributed by atoms with E-state index in [1.807, 2.05) is 0 Å². The number of hydrogen-bond acceptors (Lipinski definition) is 4. The van der Waals surface area contributed by atoms with Gasteiger partial charge in [-0.15, -0.1) is 0 Å². The second-order valence-electron chi connectivity index (χ2n) is 10.0. The molecule has 3 saturated carbocycles. The van der Waals surface area contributed by atoms with Crippen LogP contribution in [0, 0.1) is 34.5 Å². The molecule has 0 aromatic heterocycles. The van der Waals surface area contributed by atoms with Crippen molar-refractivity contribution in [2.45, 2.75) is 85.2 Å². The number of ether oxygens (including phenoxy) is 2. The molecule has 0 aromatic rings. The third kappa shape index (κ3) is 3.03. The minimum absolute atomic E-state index is 0.105. The molecule has 4 aliphatic carbocycles. The van der Waals surface area contributed by atoms with Crippen LogP contribution in [0.1, 0.15) is 79.1 Å². The summed E-state index contributed by atoms with van der Waals surface area (Å²) in [4.78, 5) is 22.9. The number of rotatable bonds is 2. The van der Waals surface area contributed by atoms with Crippen molar-refractivity contribution in [1.29, 1.82) is 0 Å². The molecule has 27 heavy (non-hydrogen) atoms. The zero-order valence-electron chi connectivity index (χ0n) is 17.3. The van der Waals surface area contributed by atoms with Crippen molar-refractivity contribution in [1.82, 2.24) is 0 Å². The number of fused-ring (bicyclic) bond motifs is 5. The van der Waals surface area contributed by atoms with Crippen LogP contribution in [-0.2, 0) is 19.1 Å². The fraction of sp³-hybridized carbons (Fsp3) is 0.826. The Kier molecular flexibility index (Phi) is 4.67. The van der Waals surface area contributed by atoms with Crippen molar-refractivity contribution in [2.24, 2.45) is 34.5 Å². The number of esters is 2. The normalized spacial score (nSPS) is 45.8. The molecule has 4 nitrogen and oxygen atoms in total. The molecule has 0 radical (unpaired) electrons. The van der Waals surface area contributed by atoms with Crippen LogP contribution in [-0.4, -0.2) is 18.0 Å². The van der Waals surface area contributed by atoms with E-state index in [9.17, 15) is 9.59 Å². The SMILES string of the molecule is CC(=O)OC1=CC[C@@]2(C)C(CC[C@H]3[C@@H]4CC[C@H](OC(C)=O)[C@@]4(C)CC[C@@H]32)C1. The van der Waals surface area contributed by atoms with Gasteiger partial charge in [0.1, 0.15) is 11.9 Å². The Bertz CT molecular complexity index is 667. The molecule has 0 saturated heterocycles. The zero-order valence-corrected chi connectivity index (χ0v) is 17.3. The Morgan fingerprint density at radius 1 is 0.963 bits per heavy atom. The second-order valence-corrected chi connectivity index (χ2v) is 10.0. The molecule has 0 aliphatic heterocycles. The molecule has 0 heterocycles. The molecule has 4 rings (SSSR count). The molecule has 4 heteroatoms. The van der Waals surface area contributed by atoms with Gasteiger partial charge in [-0.1, -0.05) is 13.8 Å². The van der Waals surface area contributed by atoms with E-state index in [-0.39, 0.29) is 23.5 Å². The highest BCUT2D eigenvalue weighted by molar-refractivity contribution is 5.67. The average Bonchev–Trinajstić information content (AvgIpc) is 2.91. The second kappa shape index (κ2) is 6.63. The lowest BCUT2D eigenvalue weighted by Gasteiger charge is -2.59. The lowest BCUT2D eigenvalue weighted by atomic mass is 9.46. The largest absolute Gasteiger partial charge is 0.462 e. The van der Waals surface area contributed by atoms with Crippen LogP contribution in [0.4, 0.5) is 0 Å². The molecule has 7 atom stereocenters. The third-order valence-electron chi connectivity index (χ3n) is 8.78. The van der Waals surface area contributed by atoms with Crippen LogP contribution >= 0.6 is 0 Å². The fourth-order valence-electron chi connectivity index (χ4n) is 7.46. The molecule has 0 aromatic carbocycles. The van der Waals surface area contributed by atoms with Crippen molar-refractivity contribution < 1.29 is 19.1 Å². The predicted molar refractivity (Wildman–Crippen MR) is 103 cm³/mol. The van der Waals surface area contributed by atoms with Gasteiger partial charge in [0.15, 0.2) is 0 Å². The van der Waals surface area contributed by atoms with E-state index in [2.05, 4.69) is 19.9 Å². The van der Waals surface area contributed by atoms with Crippen LogP contribution in [0.2, 0.25) is 0 Å². The monoisotopic (exact) mass is 374 g/mol. The van der Waals surface area contributed by atoms with Crippen molar-refractivity contribution in [2.75, 3.05) is 0 Å². The Labute approximate surface area is 163 Å². The number of allylic oxidation sites excluding steroid dienone is 2. The maximum atomic E-state index is 11.6. The zero-order chi connectivity index (χ0) is 19.4. The Hall–Kier alpha value is -1.32. The third-order valence-corrected chi connectivity index (χ3v) is 8.78. The van der Waals surface area contributed by atoms with Crippen molar-refractivity contribution in [3.63, 3.8) is 0 Å². The Balaban J connectivity index is 1.55. The van der Waals surface area contributed by atoms with E-state index in [0.717, 1.165) is 36.9 Å². The summed E-state index contributed by atoms with van der Waals surface area (Å²) in [5, 5.41) is 0. The average molecular weight is 375 g/mol. The van der Waals surface area contributed by atoms with Crippen LogP contribution in [0.5, 0.6) is 0 Å². The molecule has 0 spiro atoms. The van der Waals surface area contributed by atoms with Gasteiger partial charge in [-0.2, -0.15) is 0 Å². The quantitative estimate of drug-likeness (QED) is 0.637. The first-order valence-electron chi connectivity index (χ1n) is 10.8. The summed E-state index contributed by atoms with van der Waals surface area (Å²) in [6.45, 7) is 7.90. The van der Waals surface area contributed by atoms with Crippen LogP contribution in [0.15, 0.2) is 11.8 Å². The number of carbonyl (C=O) groups excluding carboxylic acids is 2. The van der Waals surface area contributed by atoms with Crippen LogP contribution in [0.25, 0.3) is 0 Å². The summed E-state index contributed by atoms with van der Waals surface area (Å²) in [6, 6.07) is 0. The van der Waals surface area contributed by atoms with Gasteiger partial charge in [-0.3, -0.25) is 9.59 Å². The standard InChI is InChI=1S/C23H34O4/c1-14(24)26-17-9-11-22(3)16(13-17)5-6-18-19-7-8-21(27-15(2)25)23(19,4)12-10-20(18)22/h9,16,18-21H,5-8,10-13H2,1-4H3/t16?,18-,19-,20-,21-,22-,23-/m0/s1. The van der Waals surface area contributed by atoms with Crippen molar-refractivity contribution in [3.05, 3.63) is 11.8 Å². The molecular weight excluding hydrogens is 340 g/mol. The summed E-state index contributed by atoms with van der Waals surface area (Å²) in [5.74, 6) is 3.34. The smallest absolute Gasteiger partial charge is 0.307 e. The predicted octanol–water partition coefficient (Wildman–Crippen LogP) is 5.02. The summed E-state index contributed by atoms with van der Waals surface area (Å²) in [6.07, 6.45) is 11.4. The summed E-state index contributed by atoms with van der Waals surface area (Å²) < 4.78 is 11.2. The van der Waals surface area contributed by atoms with E-state index in [0.29, 0.717) is 17.3 Å². The fourth-order valence-corrected chi connectivity index (χ4v) is 7.46. The van der Waals surface area contributed by atoms with Gasteiger partial charge in [0, 0.05) is 25.7 Å². The van der Waals surface area contributed by atoms with Gasteiger partial charge in [-0.05, 0) is 80.1 Å². The first-order chi connectivity index (χ1) is 12.7. The minimum Gasteiger partial charge on any atom is -0.462 e. The molecule has 3 fully saturated rings. The molecule has 4 aliphatic rings.